The molecule has 7 heteroatoms. The summed E-state index contributed by atoms with van der Waals surface area (Å²) in [5.74, 6) is 0.302. The number of halogens is 2. The third-order valence-electron chi connectivity index (χ3n) is 7.18. The number of rotatable bonds is 5. The van der Waals surface area contributed by atoms with Gasteiger partial charge in [0.25, 0.3) is 5.91 Å². The van der Waals surface area contributed by atoms with Crippen LogP contribution in [0.1, 0.15) is 36.7 Å². The molecule has 0 aliphatic rings. The summed E-state index contributed by atoms with van der Waals surface area (Å²) < 4.78 is 13.9. The molecule has 208 valence electrons. The van der Waals surface area contributed by atoms with Crippen molar-refractivity contribution in [1.29, 1.82) is 0 Å². The van der Waals surface area contributed by atoms with Crippen molar-refractivity contribution in [2.75, 3.05) is 10.6 Å². The molecule has 5 aromatic carbocycles. The summed E-state index contributed by atoms with van der Waals surface area (Å²) in [6.45, 7) is 6.41. The Hall–Kier alpha value is -4.81. The normalized spacial score (nSPS) is 11.5. The number of benzene rings is 5. The fourth-order valence-corrected chi connectivity index (χ4v) is 5.06. The maximum atomic E-state index is 13.9. The predicted molar refractivity (Wildman–Crippen MR) is 170 cm³/mol. The standard InChI is InChI=1S/C35H28ClFN4O/c1-35(2,3)23-13-11-22(12-14-23)34(42)39-24-16-18-31-28(19-24)33(38-25-15-17-30(37)29(36)20-25)41-32(40-31)27-10-6-8-21-7-4-5-9-26(21)27/h4-20H,1-3H3,(H,39,42)(H,38,40,41). The number of carbonyl (C=O) groups excluding carboxylic acids is 1. The van der Waals surface area contributed by atoms with E-state index >= 15 is 0 Å². The van der Waals surface area contributed by atoms with Crippen LogP contribution in [-0.2, 0) is 5.41 Å². The minimum Gasteiger partial charge on any atom is -0.340 e. The van der Waals surface area contributed by atoms with Gasteiger partial charge in [0.15, 0.2) is 5.82 Å². The summed E-state index contributed by atoms with van der Waals surface area (Å²) in [5.41, 5.74) is 4.43. The van der Waals surface area contributed by atoms with Crippen molar-refractivity contribution < 1.29 is 9.18 Å². The van der Waals surface area contributed by atoms with E-state index < -0.39 is 5.82 Å². The number of fused-ring (bicyclic) bond motifs is 2. The highest BCUT2D eigenvalue weighted by Gasteiger charge is 2.16. The molecule has 6 rings (SSSR count). The average Bonchev–Trinajstić information content (AvgIpc) is 2.98. The molecule has 1 heterocycles. The third-order valence-corrected chi connectivity index (χ3v) is 7.47. The quantitative estimate of drug-likeness (QED) is 0.215. The molecule has 5 nitrogen and oxygen atoms in total. The maximum Gasteiger partial charge on any atom is 0.255 e. The molecule has 0 fully saturated rings. The maximum absolute atomic E-state index is 13.9. The van der Waals surface area contributed by atoms with Crippen LogP contribution in [0.25, 0.3) is 33.1 Å². The van der Waals surface area contributed by atoms with Gasteiger partial charge in [0.05, 0.1) is 10.5 Å². The zero-order chi connectivity index (χ0) is 29.4. The molecule has 0 bridgehead atoms. The van der Waals surface area contributed by atoms with Crippen molar-refractivity contribution in [1.82, 2.24) is 9.97 Å². The Morgan fingerprint density at radius 3 is 2.29 bits per heavy atom. The van der Waals surface area contributed by atoms with E-state index in [1.807, 2.05) is 84.9 Å². The monoisotopic (exact) mass is 574 g/mol. The lowest BCUT2D eigenvalue weighted by Crippen LogP contribution is -2.14. The smallest absolute Gasteiger partial charge is 0.255 e. The van der Waals surface area contributed by atoms with Gasteiger partial charge in [0, 0.05) is 27.9 Å². The molecule has 1 amide bonds. The zero-order valence-electron chi connectivity index (χ0n) is 23.4. The Labute approximate surface area is 248 Å². The molecular formula is C35H28ClFN4O. The molecule has 0 aliphatic heterocycles. The Morgan fingerprint density at radius 2 is 1.52 bits per heavy atom. The molecule has 0 aliphatic carbocycles. The fourth-order valence-electron chi connectivity index (χ4n) is 4.88. The first kappa shape index (κ1) is 27.4. The summed E-state index contributed by atoms with van der Waals surface area (Å²) in [5, 5.41) is 9.06. The first-order valence-electron chi connectivity index (χ1n) is 13.6. The number of hydrogen-bond donors (Lipinski definition) is 2. The van der Waals surface area contributed by atoms with Gasteiger partial charge in [-0.1, -0.05) is 87.0 Å². The van der Waals surface area contributed by atoms with Gasteiger partial charge in [-0.05, 0) is 70.3 Å². The second-order valence-corrected chi connectivity index (χ2v) is 11.6. The number of anilines is 3. The lowest BCUT2D eigenvalue weighted by molar-refractivity contribution is 0.102. The Kier molecular flexibility index (Phi) is 7.09. The highest BCUT2D eigenvalue weighted by molar-refractivity contribution is 6.31. The van der Waals surface area contributed by atoms with Crippen molar-refractivity contribution in [3.63, 3.8) is 0 Å². The van der Waals surface area contributed by atoms with E-state index in [1.165, 1.54) is 12.1 Å². The van der Waals surface area contributed by atoms with Gasteiger partial charge < -0.3 is 10.6 Å². The van der Waals surface area contributed by atoms with E-state index in [4.69, 9.17) is 21.6 Å². The van der Waals surface area contributed by atoms with E-state index in [-0.39, 0.29) is 16.3 Å². The average molecular weight is 575 g/mol. The first-order chi connectivity index (χ1) is 20.2. The van der Waals surface area contributed by atoms with Crippen molar-refractivity contribution in [2.45, 2.75) is 26.2 Å². The summed E-state index contributed by atoms with van der Waals surface area (Å²) in [6, 6.07) is 31.6. The number of aromatic nitrogens is 2. The van der Waals surface area contributed by atoms with Gasteiger partial charge in [0.2, 0.25) is 0 Å². The van der Waals surface area contributed by atoms with E-state index in [0.717, 1.165) is 21.9 Å². The van der Waals surface area contributed by atoms with Crippen LogP contribution in [0.3, 0.4) is 0 Å². The number of hydrogen-bond acceptors (Lipinski definition) is 4. The lowest BCUT2D eigenvalue weighted by atomic mass is 9.87. The van der Waals surface area contributed by atoms with Gasteiger partial charge in [-0.25, -0.2) is 14.4 Å². The highest BCUT2D eigenvalue weighted by atomic mass is 35.5. The van der Waals surface area contributed by atoms with Gasteiger partial charge >= 0.3 is 0 Å². The summed E-state index contributed by atoms with van der Waals surface area (Å²) in [7, 11) is 0. The summed E-state index contributed by atoms with van der Waals surface area (Å²) in [4.78, 5) is 22.9. The van der Waals surface area contributed by atoms with Crippen LogP contribution >= 0.6 is 11.6 Å². The van der Waals surface area contributed by atoms with Crippen molar-refractivity contribution in [3.8, 4) is 11.4 Å². The molecular weight excluding hydrogens is 547 g/mol. The molecule has 0 spiro atoms. The molecule has 0 saturated carbocycles. The number of amides is 1. The predicted octanol–water partition coefficient (Wildman–Crippen LogP) is 9.54. The number of carbonyl (C=O) groups is 1. The van der Waals surface area contributed by atoms with Crippen molar-refractivity contribution in [3.05, 3.63) is 125 Å². The second-order valence-electron chi connectivity index (χ2n) is 11.2. The zero-order valence-corrected chi connectivity index (χ0v) is 24.1. The first-order valence-corrected chi connectivity index (χ1v) is 14.0. The second kappa shape index (κ2) is 10.9. The molecule has 0 unspecified atom stereocenters. The van der Waals surface area contributed by atoms with Crippen LogP contribution < -0.4 is 10.6 Å². The van der Waals surface area contributed by atoms with Crippen LogP contribution in [0.2, 0.25) is 5.02 Å². The minimum atomic E-state index is -0.508. The van der Waals surface area contributed by atoms with Crippen LogP contribution in [0.4, 0.5) is 21.6 Å². The summed E-state index contributed by atoms with van der Waals surface area (Å²) in [6.07, 6.45) is 0. The van der Waals surface area contributed by atoms with E-state index in [1.54, 1.807) is 6.07 Å². The molecule has 0 atom stereocenters. The topological polar surface area (TPSA) is 66.9 Å². The van der Waals surface area contributed by atoms with E-state index in [9.17, 15) is 9.18 Å². The van der Waals surface area contributed by atoms with Crippen LogP contribution in [0.15, 0.2) is 103 Å². The van der Waals surface area contributed by atoms with E-state index in [2.05, 4.69) is 31.4 Å². The molecule has 1 aromatic heterocycles. The van der Waals surface area contributed by atoms with Gasteiger partial charge in [-0.3, -0.25) is 4.79 Å². The summed E-state index contributed by atoms with van der Waals surface area (Å²) >= 11 is 6.07. The fraction of sp³-hybridized carbons (Fsp3) is 0.114. The molecule has 0 radical (unpaired) electrons. The molecule has 2 N–H and O–H groups in total. The Morgan fingerprint density at radius 1 is 0.786 bits per heavy atom. The van der Waals surface area contributed by atoms with Crippen LogP contribution in [-0.4, -0.2) is 15.9 Å². The SMILES string of the molecule is CC(C)(C)c1ccc(C(=O)Nc2ccc3nc(-c4cccc5ccccc45)nc(Nc4ccc(F)c(Cl)c4)c3c2)cc1. The van der Waals surface area contributed by atoms with Gasteiger partial charge in [-0.15, -0.1) is 0 Å². The van der Waals surface area contributed by atoms with Gasteiger partial charge in [-0.2, -0.15) is 0 Å². The molecule has 42 heavy (non-hydrogen) atoms. The third kappa shape index (κ3) is 5.54. The largest absolute Gasteiger partial charge is 0.340 e. The van der Waals surface area contributed by atoms with Crippen molar-refractivity contribution in [2.24, 2.45) is 0 Å². The van der Waals surface area contributed by atoms with Gasteiger partial charge in [0.1, 0.15) is 11.6 Å². The number of nitrogens with zero attached hydrogens (tertiary/aromatic N) is 2. The minimum absolute atomic E-state index is 0.00179. The van der Waals surface area contributed by atoms with E-state index in [0.29, 0.717) is 39.5 Å². The Balaban J connectivity index is 1.41. The van der Waals surface area contributed by atoms with Crippen molar-refractivity contribution >= 4 is 56.4 Å². The lowest BCUT2D eigenvalue weighted by Gasteiger charge is -2.19. The number of nitrogens with one attached hydrogen (secondary N) is 2. The Bertz CT molecular complexity index is 1960. The highest BCUT2D eigenvalue weighted by Crippen LogP contribution is 2.33. The molecule has 6 aromatic rings. The molecule has 0 saturated heterocycles. The van der Waals surface area contributed by atoms with Crippen LogP contribution in [0, 0.1) is 5.82 Å². The van der Waals surface area contributed by atoms with Crippen LogP contribution in [0.5, 0.6) is 0 Å².